The van der Waals surface area contributed by atoms with Gasteiger partial charge in [0, 0.05) is 23.2 Å². The molecule has 2 N–H and O–H groups in total. The Morgan fingerprint density at radius 2 is 2.32 bits per heavy atom. The lowest BCUT2D eigenvalue weighted by Gasteiger charge is -2.25. The van der Waals surface area contributed by atoms with E-state index in [1.54, 1.807) is 7.11 Å². The van der Waals surface area contributed by atoms with Crippen LogP contribution in [0.15, 0.2) is 18.2 Å². The van der Waals surface area contributed by atoms with E-state index < -0.39 is 0 Å². The first kappa shape index (κ1) is 14.6. The average Bonchev–Trinajstić information content (AvgIpc) is 2.84. The first-order valence-electron chi connectivity index (χ1n) is 7.01. The number of nitrogens with zero attached hydrogens (tertiary/aromatic N) is 1. The molecular formula is C15H23ClN2O. The number of halogens is 1. The van der Waals surface area contributed by atoms with Crippen LogP contribution in [0.2, 0.25) is 5.02 Å². The summed E-state index contributed by atoms with van der Waals surface area (Å²) in [5.41, 5.74) is 6.79. The average molecular weight is 283 g/mol. The summed E-state index contributed by atoms with van der Waals surface area (Å²) in [5, 5.41) is 0.772. The number of benzene rings is 1. The lowest BCUT2D eigenvalue weighted by molar-refractivity contribution is 0.229. The van der Waals surface area contributed by atoms with E-state index in [-0.39, 0.29) is 0 Å². The molecule has 0 saturated carbocycles. The molecule has 1 atom stereocenters. The summed E-state index contributed by atoms with van der Waals surface area (Å²) >= 11 is 6.09. The minimum atomic E-state index is 0.659. The van der Waals surface area contributed by atoms with E-state index in [1.807, 2.05) is 18.2 Å². The number of hydrogen-bond donors (Lipinski definition) is 1. The van der Waals surface area contributed by atoms with Crippen molar-refractivity contribution in [1.82, 2.24) is 4.90 Å². The number of rotatable bonds is 6. The SMILES string of the molecule is COc1ccc(Cl)cc1CN1CCCC1CCCN. The van der Waals surface area contributed by atoms with Crippen LogP contribution >= 0.6 is 11.6 Å². The van der Waals surface area contributed by atoms with Crippen molar-refractivity contribution < 1.29 is 4.74 Å². The van der Waals surface area contributed by atoms with Crippen molar-refractivity contribution in [3.63, 3.8) is 0 Å². The molecule has 1 aliphatic heterocycles. The zero-order valence-corrected chi connectivity index (χ0v) is 12.3. The summed E-state index contributed by atoms with van der Waals surface area (Å²) in [7, 11) is 1.71. The highest BCUT2D eigenvalue weighted by molar-refractivity contribution is 6.30. The highest BCUT2D eigenvalue weighted by Crippen LogP contribution is 2.28. The van der Waals surface area contributed by atoms with Crippen molar-refractivity contribution in [3.8, 4) is 5.75 Å². The molecule has 2 rings (SSSR count). The van der Waals surface area contributed by atoms with E-state index in [0.717, 1.165) is 36.8 Å². The predicted molar refractivity (Wildman–Crippen MR) is 79.7 cm³/mol. The van der Waals surface area contributed by atoms with Gasteiger partial charge in [0.15, 0.2) is 0 Å². The fourth-order valence-corrected chi connectivity index (χ4v) is 3.07. The minimum Gasteiger partial charge on any atom is -0.496 e. The quantitative estimate of drug-likeness (QED) is 0.871. The molecule has 1 fully saturated rings. The molecule has 0 aromatic heterocycles. The van der Waals surface area contributed by atoms with Gasteiger partial charge in [-0.1, -0.05) is 11.6 Å². The maximum absolute atomic E-state index is 6.09. The van der Waals surface area contributed by atoms with Crippen LogP contribution < -0.4 is 10.5 Å². The molecule has 1 aromatic rings. The van der Waals surface area contributed by atoms with Crippen LogP contribution in [0.5, 0.6) is 5.75 Å². The molecule has 1 aliphatic rings. The molecule has 0 spiro atoms. The fraction of sp³-hybridized carbons (Fsp3) is 0.600. The summed E-state index contributed by atoms with van der Waals surface area (Å²) < 4.78 is 5.42. The van der Waals surface area contributed by atoms with Crippen molar-refractivity contribution in [2.45, 2.75) is 38.3 Å². The van der Waals surface area contributed by atoms with Gasteiger partial charge in [0.05, 0.1) is 7.11 Å². The number of likely N-dealkylation sites (tertiary alicyclic amines) is 1. The summed E-state index contributed by atoms with van der Waals surface area (Å²) in [6, 6.07) is 6.49. The van der Waals surface area contributed by atoms with Gasteiger partial charge in [0.1, 0.15) is 5.75 Å². The van der Waals surface area contributed by atoms with Gasteiger partial charge in [-0.15, -0.1) is 0 Å². The maximum Gasteiger partial charge on any atom is 0.123 e. The number of nitrogens with two attached hydrogens (primary N) is 1. The molecule has 0 bridgehead atoms. The highest BCUT2D eigenvalue weighted by atomic mass is 35.5. The largest absolute Gasteiger partial charge is 0.496 e. The minimum absolute atomic E-state index is 0.659. The third-order valence-corrected chi connectivity index (χ3v) is 4.09. The molecule has 3 nitrogen and oxygen atoms in total. The Morgan fingerprint density at radius 1 is 1.47 bits per heavy atom. The van der Waals surface area contributed by atoms with Crippen LogP contribution in [0.3, 0.4) is 0 Å². The van der Waals surface area contributed by atoms with Crippen LogP contribution in [0.4, 0.5) is 0 Å². The standard InChI is InChI=1S/C15H23ClN2O/c1-19-15-7-6-13(16)10-12(15)11-18-9-3-5-14(18)4-2-8-17/h6-7,10,14H,2-5,8-9,11,17H2,1H3. The van der Waals surface area contributed by atoms with Crippen LogP contribution in [-0.2, 0) is 6.54 Å². The Kier molecular flexibility index (Phi) is 5.49. The molecule has 0 amide bonds. The first-order chi connectivity index (χ1) is 9.24. The fourth-order valence-electron chi connectivity index (χ4n) is 2.87. The Labute approximate surface area is 120 Å². The van der Waals surface area contributed by atoms with Crippen molar-refractivity contribution in [1.29, 1.82) is 0 Å². The zero-order valence-electron chi connectivity index (χ0n) is 11.6. The molecular weight excluding hydrogens is 260 g/mol. The van der Waals surface area contributed by atoms with E-state index in [0.29, 0.717) is 6.04 Å². The molecule has 19 heavy (non-hydrogen) atoms. The molecule has 4 heteroatoms. The Hall–Kier alpha value is -0.770. The topological polar surface area (TPSA) is 38.5 Å². The van der Waals surface area contributed by atoms with Crippen molar-refractivity contribution in [2.75, 3.05) is 20.2 Å². The summed E-state index contributed by atoms with van der Waals surface area (Å²) in [6.07, 6.45) is 4.86. The van der Waals surface area contributed by atoms with E-state index in [4.69, 9.17) is 22.1 Å². The zero-order chi connectivity index (χ0) is 13.7. The number of ether oxygens (including phenoxy) is 1. The highest BCUT2D eigenvalue weighted by Gasteiger charge is 2.24. The number of methoxy groups -OCH3 is 1. The van der Waals surface area contributed by atoms with Crippen LogP contribution in [0.1, 0.15) is 31.2 Å². The molecule has 106 valence electrons. The Bertz CT molecular complexity index is 411. The lowest BCUT2D eigenvalue weighted by atomic mass is 10.1. The molecule has 1 aromatic carbocycles. The molecule has 0 aliphatic carbocycles. The van der Waals surface area contributed by atoms with E-state index in [2.05, 4.69) is 4.90 Å². The smallest absolute Gasteiger partial charge is 0.123 e. The molecule has 1 unspecified atom stereocenters. The third kappa shape index (κ3) is 3.85. The van der Waals surface area contributed by atoms with Gasteiger partial charge in [-0.3, -0.25) is 4.90 Å². The number of hydrogen-bond acceptors (Lipinski definition) is 3. The summed E-state index contributed by atoms with van der Waals surface area (Å²) in [6.45, 7) is 2.86. The maximum atomic E-state index is 6.09. The summed E-state index contributed by atoms with van der Waals surface area (Å²) in [5.74, 6) is 0.925. The van der Waals surface area contributed by atoms with Gasteiger partial charge >= 0.3 is 0 Å². The van der Waals surface area contributed by atoms with Crippen molar-refractivity contribution in [2.24, 2.45) is 5.73 Å². The van der Waals surface area contributed by atoms with Gasteiger partial charge in [-0.2, -0.15) is 0 Å². The second kappa shape index (κ2) is 7.13. The van der Waals surface area contributed by atoms with Crippen molar-refractivity contribution >= 4 is 11.6 Å². The van der Waals surface area contributed by atoms with Crippen LogP contribution in [0.25, 0.3) is 0 Å². The molecule has 0 radical (unpaired) electrons. The second-order valence-electron chi connectivity index (χ2n) is 5.15. The van der Waals surface area contributed by atoms with E-state index in [1.165, 1.54) is 24.8 Å². The van der Waals surface area contributed by atoms with Gasteiger partial charge in [0.2, 0.25) is 0 Å². The van der Waals surface area contributed by atoms with Gasteiger partial charge in [-0.05, 0) is 57.0 Å². The second-order valence-corrected chi connectivity index (χ2v) is 5.59. The van der Waals surface area contributed by atoms with E-state index >= 15 is 0 Å². The Morgan fingerprint density at radius 3 is 3.05 bits per heavy atom. The van der Waals surface area contributed by atoms with Crippen LogP contribution in [0, 0.1) is 0 Å². The predicted octanol–water partition coefficient (Wildman–Crippen LogP) is 3.05. The summed E-state index contributed by atoms with van der Waals surface area (Å²) in [4.78, 5) is 2.53. The van der Waals surface area contributed by atoms with Crippen LogP contribution in [-0.4, -0.2) is 31.1 Å². The normalized spacial score (nSPS) is 19.8. The monoisotopic (exact) mass is 282 g/mol. The van der Waals surface area contributed by atoms with Gasteiger partial charge in [0.25, 0.3) is 0 Å². The molecule has 1 saturated heterocycles. The first-order valence-corrected chi connectivity index (χ1v) is 7.39. The van der Waals surface area contributed by atoms with Crippen molar-refractivity contribution in [3.05, 3.63) is 28.8 Å². The lowest BCUT2D eigenvalue weighted by Crippen LogP contribution is -2.29. The third-order valence-electron chi connectivity index (χ3n) is 3.86. The van der Waals surface area contributed by atoms with Gasteiger partial charge < -0.3 is 10.5 Å². The van der Waals surface area contributed by atoms with E-state index in [9.17, 15) is 0 Å². The van der Waals surface area contributed by atoms with Gasteiger partial charge in [-0.25, -0.2) is 0 Å². The Balaban J connectivity index is 2.05. The molecule has 1 heterocycles.